The maximum Gasteiger partial charge on any atom is 0.232 e. The number of hydrogen-bond acceptors (Lipinski definition) is 5. The summed E-state index contributed by atoms with van der Waals surface area (Å²) in [5, 5.41) is 2.84. The molecular formula is C11H18N2O4S. The number of nitrogens with one attached hydrogen (secondary N) is 1. The number of ether oxygens (including phenoxy) is 2. The molecular weight excluding hydrogens is 256 g/mol. The highest BCUT2D eigenvalue weighted by atomic mass is 32.2. The zero-order chi connectivity index (χ0) is 12.8. The highest BCUT2D eigenvalue weighted by Crippen LogP contribution is 2.06. The number of carbonyl (C=O) groups excluding carboxylic acids is 2. The molecule has 0 aromatic rings. The maximum atomic E-state index is 11.8. The molecule has 1 N–H and O–H groups in total. The number of nitrogens with zero attached hydrogens (tertiary/aromatic N) is 1. The predicted molar refractivity (Wildman–Crippen MR) is 67.5 cm³/mol. The molecule has 0 atom stereocenters. The second kappa shape index (κ2) is 6.96. The van der Waals surface area contributed by atoms with Crippen LogP contribution in [0.5, 0.6) is 0 Å². The molecule has 0 aromatic carbocycles. The fourth-order valence-corrected chi connectivity index (χ4v) is 2.45. The monoisotopic (exact) mass is 274 g/mol. The minimum atomic E-state index is -0.0249. The van der Waals surface area contributed by atoms with Crippen LogP contribution in [-0.2, 0) is 19.1 Å². The first-order valence-electron chi connectivity index (χ1n) is 6.06. The smallest absolute Gasteiger partial charge is 0.232 e. The van der Waals surface area contributed by atoms with Gasteiger partial charge in [-0.1, -0.05) is 0 Å². The van der Waals surface area contributed by atoms with Gasteiger partial charge >= 0.3 is 0 Å². The largest absolute Gasteiger partial charge is 0.378 e. The lowest BCUT2D eigenvalue weighted by Crippen LogP contribution is -2.49. The van der Waals surface area contributed by atoms with E-state index in [0.29, 0.717) is 51.0 Å². The van der Waals surface area contributed by atoms with E-state index in [2.05, 4.69) is 5.32 Å². The molecule has 2 amide bonds. The van der Waals surface area contributed by atoms with Crippen LogP contribution in [-0.4, -0.2) is 73.8 Å². The fourth-order valence-electron chi connectivity index (χ4n) is 1.72. The molecule has 7 heteroatoms. The van der Waals surface area contributed by atoms with Crippen molar-refractivity contribution in [1.82, 2.24) is 10.2 Å². The lowest BCUT2D eigenvalue weighted by Gasteiger charge is -2.27. The average molecular weight is 274 g/mol. The topological polar surface area (TPSA) is 67.9 Å². The Morgan fingerprint density at radius 2 is 1.89 bits per heavy atom. The van der Waals surface area contributed by atoms with Crippen molar-refractivity contribution in [3.05, 3.63) is 0 Å². The van der Waals surface area contributed by atoms with Crippen molar-refractivity contribution in [2.24, 2.45) is 0 Å². The van der Waals surface area contributed by atoms with Gasteiger partial charge in [-0.15, -0.1) is 11.8 Å². The second-order valence-electron chi connectivity index (χ2n) is 4.29. The SMILES string of the molecule is O=C(CSCC(=O)N1CCOCC1)NC1COC1. The summed E-state index contributed by atoms with van der Waals surface area (Å²) in [5.74, 6) is 0.743. The summed E-state index contributed by atoms with van der Waals surface area (Å²) in [6, 6.07) is 0.160. The van der Waals surface area contributed by atoms with E-state index in [9.17, 15) is 9.59 Å². The van der Waals surface area contributed by atoms with Crippen molar-refractivity contribution in [2.45, 2.75) is 6.04 Å². The Kier molecular flexibility index (Phi) is 5.27. The van der Waals surface area contributed by atoms with Crippen LogP contribution in [0.15, 0.2) is 0 Å². The van der Waals surface area contributed by atoms with Crippen molar-refractivity contribution in [3.8, 4) is 0 Å². The van der Waals surface area contributed by atoms with Crippen molar-refractivity contribution < 1.29 is 19.1 Å². The van der Waals surface area contributed by atoms with Crippen molar-refractivity contribution in [3.63, 3.8) is 0 Å². The van der Waals surface area contributed by atoms with E-state index in [0.717, 1.165) is 0 Å². The molecule has 2 fully saturated rings. The third kappa shape index (κ3) is 4.15. The summed E-state index contributed by atoms with van der Waals surface area (Å²) in [6.45, 7) is 3.74. The van der Waals surface area contributed by atoms with E-state index >= 15 is 0 Å². The van der Waals surface area contributed by atoms with Crippen LogP contribution in [0.2, 0.25) is 0 Å². The summed E-state index contributed by atoms with van der Waals surface area (Å²) in [6.07, 6.45) is 0. The first-order valence-corrected chi connectivity index (χ1v) is 7.21. The van der Waals surface area contributed by atoms with Gasteiger partial charge in [0.25, 0.3) is 0 Å². The zero-order valence-corrected chi connectivity index (χ0v) is 11.0. The molecule has 0 unspecified atom stereocenters. The van der Waals surface area contributed by atoms with Gasteiger partial charge in [0.05, 0.1) is 44.0 Å². The first-order chi connectivity index (χ1) is 8.75. The van der Waals surface area contributed by atoms with Crippen molar-refractivity contribution in [1.29, 1.82) is 0 Å². The maximum absolute atomic E-state index is 11.8. The van der Waals surface area contributed by atoms with Gasteiger partial charge in [-0.25, -0.2) is 0 Å². The van der Waals surface area contributed by atoms with Gasteiger partial charge < -0.3 is 19.7 Å². The van der Waals surface area contributed by atoms with Gasteiger partial charge in [-0.05, 0) is 0 Å². The first kappa shape index (κ1) is 13.6. The van der Waals surface area contributed by atoms with Crippen LogP contribution >= 0.6 is 11.8 Å². The lowest BCUT2D eigenvalue weighted by atomic mass is 10.2. The summed E-state index contributed by atoms with van der Waals surface area (Å²) < 4.78 is 10.1. The van der Waals surface area contributed by atoms with Crippen LogP contribution < -0.4 is 5.32 Å². The van der Waals surface area contributed by atoms with E-state index in [1.807, 2.05) is 0 Å². The summed E-state index contributed by atoms with van der Waals surface area (Å²) in [4.78, 5) is 25.0. The molecule has 2 aliphatic rings. The van der Waals surface area contributed by atoms with E-state index < -0.39 is 0 Å². The zero-order valence-electron chi connectivity index (χ0n) is 10.2. The molecule has 0 bridgehead atoms. The van der Waals surface area contributed by atoms with Crippen LogP contribution in [0.4, 0.5) is 0 Å². The molecule has 2 aliphatic heterocycles. The van der Waals surface area contributed by atoms with E-state index in [1.54, 1.807) is 4.90 Å². The van der Waals surface area contributed by atoms with E-state index in [1.165, 1.54) is 11.8 Å². The Bertz CT molecular complexity index is 303. The summed E-state index contributed by atoms with van der Waals surface area (Å²) in [7, 11) is 0. The molecule has 2 saturated heterocycles. The third-order valence-corrected chi connectivity index (χ3v) is 3.74. The Balaban J connectivity index is 1.56. The molecule has 2 heterocycles. The van der Waals surface area contributed by atoms with Crippen LogP contribution in [0, 0.1) is 0 Å². The van der Waals surface area contributed by atoms with Crippen LogP contribution in [0.1, 0.15) is 0 Å². The molecule has 0 aliphatic carbocycles. The highest BCUT2D eigenvalue weighted by molar-refractivity contribution is 8.00. The van der Waals surface area contributed by atoms with Crippen LogP contribution in [0.25, 0.3) is 0 Å². The molecule has 102 valence electrons. The number of hydrogen-bond donors (Lipinski definition) is 1. The lowest BCUT2D eigenvalue weighted by molar-refractivity contribution is -0.132. The number of rotatable bonds is 5. The second-order valence-corrected chi connectivity index (χ2v) is 5.27. The molecule has 0 saturated carbocycles. The van der Waals surface area contributed by atoms with Crippen molar-refractivity contribution in [2.75, 3.05) is 51.0 Å². The number of thioether (sulfide) groups is 1. The Labute approximate surface area is 110 Å². The van der Waals surface area contributed by atoms with Gasteiger partial charge in [0.15, 0.2) is 0 Å². The normalized spacial score (nSPS) is 20.3. The molecule has 6 nitrogen and oxygen atoms in total. The molecule has 2 rings (SSSR count). The molecule has 0 radical (unpaired) electrons. The van der Waals surface area contributed by atoms with Crippen molar-refractivity contribution >= 4 is 23.6 Å². The van der Waals surface area contributed by atoms with E-state index in [-0.39, 0.29) is 17.9 Å². The Hall–Kier alpha value is -0.790. The standard InChI is InChI=1S/C11H18N2O4S/c14-10(12-9-5-17-6-9)7-18-8-11(15)13-1-3-16-4-2-13/h9H,1-8H2,(H,12,14). The van der Waals surface area contributed by atoms with Crippen LogP contribution in [0.3, 0.4) is 0 Å². The summed E-state index contributed by atoms with van der Waals surface area (Å²) in [5.41, 5.74) is 0. The van der Waals surface area contributed by atoms with Gasteiger partial charge in [0, 0.05) is 13.1 Å². The predicted octanol–water partition coefficient (Wildman–Crippen LogP) is -0.907. The minimum absolute atomic E-state index is 0.0249. The van der Waals surface area contributed by atoms with E-state index in [4.69, 9.17) is 9.47 Å². The van der Waals surface area contributed by atoms with Gasteiger partial charge in [0.1, 0.15) is 0 Å². The quantitative estimate of drug-likeness (QED) is 0.703. The number of amides is 2. The average Bonchev–Trinajstić information content (AvgIpc) is 2.35. The minimum Gasteiger partial charge on any atom is -0.378 e. The molecule has 0 aromatic heterocycles. The third-order valence-electron chi connectivity index (χ3n) is 2.83. The van der Waals surface area contributed by atoms with Gasteiger partial charge in [-0.2, -0.15) is 0 Å². The van der Waals surface area contributed by atoms with Gasteiger partial charge in [0.2, 0.25) is 11.8 Å². The Morgan fingerprint density at radius 1 is 1.17 bits per heavy atom. The highest BCUT2D eigenvalue weighted by Gasteiger charge is 2.21. The Morgan fingerprint density at radius 3 is 2.50 bits per heavy atom. The molecule has 0 spiro atoms. The number of carbonyl (C=O) groups is 2. The number of morpholine rings is 1. The van der Waals surface area contributed by atoms with Gasteiger partial charge in [-0.3, -0.25) is 9.59 Å². The molecule has 18 heavy (non-hydrogen) atoms. The summed E-state index contributed by atoms with van der Waals surface area (Å²) >= 11 is 1.35. The fraction of sp³-hybridized carbons (Fsp3) is 0.818.